The molecule has 0 radical (unpaired) electrons. The van der Waals surface area contributed by atoms with Crippen molar-refractivity contribution >= 4 is 23.0 Å². The maximum absolute atomic E-state index is 6.17. The average Bonchev–Trinajstić information content (AvgIpc) is 3.09. The Hall–Kier alpha value is -0.890. The lowest BCUT2D eigenvalue weighted by Crippen LogP contribution is -2.28. The first-order valence-electron chi connectivity index (χ1n) is 6.81. The lowest BCUT2D eigenvalue weighted by Gasteiger charge is -2.27. The van der Waals surface area contributed by atoms with E-state index in [2.05, 4.69) is 25.7 Å². The van der Waals surface area contributed by atoms with E-state index in [1.54, 1.807) is 0 Å². The molecule has 2 N–H and O–H groups in total. The van der Waals surface area contributed by atoms with Crippen molar-refractivity contribution in [3.8, 4) is 0 Å². The van der Waals surface area contributed by atoms with Crippen LogP contribution < -0.4 is 10.6 Å². The van der Waals surface area contributed by atoms with Crippen LogP contribution in [0.1, 0.15) is 38.7 Å². The van der Waals surface area contributed by atoms with E-state index in [1.165, 1.54) is 30.5 Å². The van der Waals surface area contributed by atoms with Gasteiger partial charge in [-0.25, -0.2) is 0 Å². The van der Waals surface area contributed by atoms with E-state index in [1.807, 2.05) is 12.1 Å². The van der Waals surface area contributed by atoms with Gasteiger partial charge >= 0.3 is 0 Å². The number of hydrogen-bond donors (Lipinski definition) is 1. The molecule has 0 saturated heterocycles. The lowest BCUT2D eigenvalue weighted by molar-refractivity contribution is 0.570. The van der Waals surface area contributed by atoms with E-state index >= 15 is 0 Å². The molecular formula is C15H23ClN2. The molecule has 1 aromatic rings. The molecule has 0 bridgehead atoms. The van der Waals surface area contributed by atoms with Crippen LogP contribution in [0, 0.1) is 12.8 Å². The molecule has 1 fully saturated rings. The summed E-state index contributed by atoms with van der Waals surface area (Å²) in [6.07, 6.45) is 3.83. The van der Waals surface area contributed by atoms with Crippen molar-refractivity contribution in [3.63, 3.8) is 0 Å². The van der Waals surface area contributed by atoms with E-state index in [9.17, 15) is 0 Å². The molecule has 0 amide bonds. The number of halogens is 1. The van der Waals surface area contributed by atoms with Gasteiger partial charge in [0.05, 0.1) is 10.7 Å². The molecule has 2 nitrogen and oxygen atoms in total. The van der Waals surface area contributed by atoms with Crippen LogP contribution in [0.15, 0.2) is 12.1 Å². The lowest BCUT2D eigenvalue weighted by atomic mass is 10.1. The number of nitrogens with zero attached hydrogens (tertiary/aromatic N) is 1. The van der Waals surface area contributed by atoms with Crippen LogP contribution in [0.25, 0.3) is 0 Å². The van der Waals surface area contributed by atoms with E-state index in [0.29, 0.717) is 16.8 Å². The largest absolute Gasteiger partial charge is 0.398 e. The molecule has 0 unspecified atom stereocenters. The molecule has 1 aromatic carbocycles. The summed E-state index contributed by atoms with van der Waals surface area (Å²) in [6.45, 7) is 7.78. The van der Waals surface area contributed by atoms with Crippen molar-refractivity contribution in [1.29, 1.82) is 0 Å². The maximum Gasteiger partial charge on any atom is 0.0656 e. The summed E-state index contributed by atoms with van der Waals surface area (Å²) < 4.78 is 0. The van der Waals surface area contributed by atoms with Crippen molar-refractivity contribution < 1.29 is 0 Å². The van der Waals surface area contributed by atoms with Crippen LogP contribution in [0.3, 0.4) is 0 Å². The monoisotopic (exact) mass is 266 g/mol. The number of nitrogens with two attached hydrogens (primary N) is 1. The van der Waals surface area contributed by atoms with E-state index < -0.39 is 0 Å². The molecule has 0 aromatic heterocycles. The first-order chi connectivity index (χ1) is 8.49. The maximum atomic E-state index is 6.17. The number of aryl methyl sites for hydroxylation is 1. The molecule has 1 aliphatic carbocycles. The minimum atomic E-state index is 0.672. The Morgan fingerprint density at radius 3 is 2.61 bits per heavy atom. The molecule has 0 atom stereocenters. The summed E-state index contributed by atoms with van der Waals surface area (Å²) in [5.41, 5.74) is 9.02. The molecule has 100 valence electrons. The standard InChI is InChI=1S/C15H23ClN2/c1-10(2)6-7-18(12-4-5-12)15-9-13(16)14(17)8-11(15)3/h8-10,12H,4-7,17H2,1-3H3. The molecular weight excluding hydrogens is 244 g/mol. The van der Waals surface area contributed by atoms with E-state index in [-0.39, 0.29) is 0 Å². The van der Waals surface area contributed by atoms with Gasteiger partial charge in [-0.3, -0.25) is 0 Å². The molecule has 0 spiro atoms. The third kappa shape index (κ3) is 3.11. The molecule has 0 aliphatic heterocycles. The number of benzene rings is 1. The molecule has 18 heavy (non-hydrogen) atoms. The van der Waals surface area contributed by atoms with Crippen LogP contribution in [-0.4, -0.2) is 12.6 Å². The van der Waals surface area contributed by atoms with Gasteiger partial charge in [-0.15, -0.1) is 0 Å². The van der Waals surface area contributed by atoms with Gasteiger partial charge in [-0.05, 0) is 49.8 Å². The predicted octanol–water partition coefficient (Wildman–Crippen LogP) is 4.25. The van der Waals surface area contributed by atoms with Crippen LogP contribution >= 0.6 is 11.6 Å². The molecule has 3 heteroatoms. The number of nitrogen functional groups attached to an aromatic ring is 1. The molecule has 2 rings (SSSR count). The minimum Gasteiger partial charge on any atom is -0.398 e. The van der Waals surface area contributed by atoms with Gasteiger partial charge in [0.2, 0.25) is 0 Å². The van der Waals surface area contributed by atoms with Gasteiger partial charge in [-0.1, -0.05) is 25.4 Å². The zero-order chi connectivity index (χ0) is 13.3. The van der Waals surface area contributed by atoms with Gasteiger partial charge in [0.25, 0.3) is 0 Å². The SMILES string of the molecule is Cc1cc(N)c(Cl)cc1N(CCC(C)C)C1CC1. The van der Waals surface area contributed by atoms with Gasteiger partial charge in [0, 0.05) is 18.3 Å². The molecule has 0 heterocycles. The topological polar surface area (TPSA) is 29.3 Å². The van der Waals surface area contributed by atoms with Crippen molar-refractivity contribution in [1.82, 2.24) is 0 Å². The quantitative estimate of drug-likeness (QED) is 0.808. The third-order valence-corrected chi connectivity index (χ3v) is 3.89. The van der Waals surface area contributed by atoms with Crippen molar-refractivity contribution in [3.05, 3.63) is 22.7 Å². The Morgan fingerprint density at radius 2 is 2.06 bits per heavy atom. The van der Waals surface area contributed by atoms with E-state index in [0.717, 1.165) is 12.5 Å². The Balaban J connectivity index is 2.22. The Kier molecular flexibility index (Phi) is 4.06. The number of hydrogen-bond acceptors (Lipinski definition) is 2. The van der Waals surface area contributed by atoms with Gasteiger partial charge in [-0.2, -0.15) is 0 Å². The smallest absolute Gasteiger partial charge is 0.0656 e. The summed E-state index contributed by atoms with van der Waals surface area (Å²) in [5, 5.41) is 0.672. The first kappa shape index (κ1) is 13.5. The fraction of sp³-hybridized carbons (Fsp3) is 0.600. The van der Waals surface area contributed by atoms with Crippen molar-refractivity contribution in [2.24, 2.45) is 5.92 Å². The highest BCUT2D eigenvalue weighted by molar-refractivity contribution is 6.33. The second-order valence-electron chi connectivity index (χ2n) is 5.77. The van der Waals surface area contributed by atoms with Gasteiger partial charge in [0.1, 0.15) is 0 Å². The highest BCUT2D eigenvalue weighted by Gasteiger charge is 2.30. The van der Waals surface area contributed by atoms with Crippen LogP contribution in [-0.2, 0) is 0 Å². The molecule has 1 aliphatic rings. The summed E-state index contributed by atoms with van der Waals surface area (Å²) in [6, 6.07) is 4.73. The van der Waals surface area contributed by atoms with Crippen LogP contribution in [0.5, 0.6) is 0 Å². The Bertz CT molecular complexity index is 425. The summed E-state index contributed by atoms with van der Waals surface area (Å²) >= 11 is 6.17. The van der Waals surface area contributed by atoms with E-state index in [4.69, 9.17) is 17.3 Å². The first-order valence-corrected chi connectivity index (χ1v) is 7.19. The fourth-order valence-electron chi connectivity index (χ4n) is 2.29. The molecule has 1 saturated carbocycles. The second kappa shape index (κ2) is 5.40. The summed E-state index contributed by atoms with van der Waals surface area (Å²) in [5.74, 6) is 0.732. The second-order valence-corrected chi connectivity index (χ2v) is 6.17. The fourth-order valence-corrected chi connectivity index (χ4v) is 2.44. The third-order valence-electron chi connectivity index (χ3n) is 3.56. The van der Waals surface area contributed by atoms with Crippen LogP contribution in [0.2, 0.25) is 5.02 Å². The predicted molar refractivity (Wildman–Crippen MR) is 80.4 cm³/mol. The highest BCUT2D eigenvalue weighted by Crippen LogP contribution is 2.36. The minimum absolute atomic E-state index is 0.672. The summed E-state index contributed by atoms with van der Waals surface area (Å²) in [4.78, 5) is 2.51. The zero-order valence-corrected chi connectivity index (χ0v) is 12.3. The Morgan fingerprint density at radius 1 is 1.39 bits per heavy atom. The Labute approximate surface area is 115 Å². The van der Waals surface area contributed by atoms with Crippen molar-refractivity contribution in [2.75, 3.05) is 17.2 Å². The summed E-state index contributed by atoms with van der Waals surface area (Å²) in [7, 11) is 0. The average molecular weight is 267 g/mol. The van der Waals surface area contributed by atoms with Gasteiger partial charge in [0.15, 0.2) is 0 Å². The number of anilines is 2. The zero-order valence-electron chi connectivity index (χ0n) is 11.5. The normalized spacial score (nSPS) is 15.2. The van der Waals surface area contributed by atoms with Gasteiger partial charge < -0.3 is 10.6 Å². The highest BCUT2D eigenvalue weighted by atomic mass is 35.5. The number of rotatable bonds is 5. The van der Waals surface area contributed by atoms with Crippen molar-refractivity contribution in [2.45, 2.75) is 46.1 Å². The van der Waals surface area contributed by atoms with Crippen LogP contribution in [0.4, 0.5) is 11.4 Å².